The van der Waals surface area contributed by atoms with Crippen molar-refractivity contribution in [2.75, 3.05) is 25.2 Å². The Morgan fingerprint density at radius 3 is 2.38 bits per heavy atom. The molecule has 0 fully saturated rings. The predicted molar refractivity (Wildman–Crippen MR) is 64.9 cm³/mol. The van der Waals surface area contributed by atoms with Crippen LogP contribution in [0.3, 0.4) is 0 Å². The minimum Gasteiger partial charge on any atom is -0.420 e. The molecular formula is C9H23NOSSi. The maximum absolute atomic E-state index is 5.47. The zero-order valence-corrected chi connectivity index (χ0v) is 11.0. The van der Waals surface area contributed by atoms with Gasteiger partial charge in [-0.3, -0.25) is 0 Å². The van der Waals surface area contributed by atoms with Crippen molar-refractivity contribution < 1.29 is 4.43 Å². The number of hydrogen-bond acceptors (Lipinski definition) is 3. The van der Waals surface area contributed by atoms with Crippen LogP contribution in [-0.4, -0.2) is 33.5 Å². The topological polar surface area (TPSA) is 35.2 Å². The van der Waals surface area contributed by atoms with Crippen molar-refractivity contribution in [1.82, 2.24) is 0 Å². The lowest BCUT2D eigenvalue weighted by Gasteiger charge is -2.19. The van der Waals surface area contributed by atoms with E-state index in [1.807, 2.05) is 18.9 Å². The molecule has 13 heavy (non-hydrogen) atoms. The van der Waals surface area contributed by atoms with Crippen molar-refractivity contribution in [3.63, 3.8) is 0 Å². The summed E-state index contributed by atoms with van der Waals surface area (Å²) < 4.78 is 5.47. The van der Waals surface area contributed by atoms with Crippen molar-refractivity contribution in [1.29, 1.82) is 0 Å². The molecule has 0 saturated heterocycles. The smallest absolute Gasteiger partial charge is 0.186 e. The van der Waals surface area contributed by atoms with Crippen LogP contribution < -0.4 is 5.73 Å². The second kappa shape index (κ2) is 7.85. The molecule has 0 unspecified atom stereocenters. The Bertz CT molecular complexity index is 122. The fraction of sp³-hybridized carbons (Fsp3) is 1.00. The third kappa shape index (κ3) is 8.81. The molecule has 0 aliphatic heterocycles. The van der Waals surface area contributed by atoms with E-state index in [2.05, 4.69) is 13.1 Å². The van der Waals surface area contributed by atoms with Crippen LogP contribution in [0.2, 0.25) is 19.1 Å². The summed E-state index contributed by atoms with van der Waals surface area (Å²) in [4.78, 5) is 0. The first kappa shape index (κ1) is 13.5. The average Bonchev–Trinajstić information content (AvgIpc) is 2.11. The van der Waals surface area contributed by atoms with Crippen LogP contribution in [-0.2, 0) is 4.43 Å². The second-order valence-electron chi connectivity index (χ2n) is 3.82. The van der Waals surface area contributed by atoms with Crippen LogP contribution in [0.4, 0.5) is 0 Å². The lowest BCUT2D eigenvalue weighted by Crippen LogP contribution is -2.28. The summed E-state index contributed by atoms with van der Waals surface area (Å²) in [7, 11) is 0.557. The van der Waals surface area contributed by atoms with Gasteiger partial charge in [0.15, 0.2) is 8.32 Å². The van der Waals surface area contributed by atoms with E-state index in [0.29, 0.717) is 0 Å². The van der Waals surface area contributed by atoms with Gasteiger partial charge in [0, 0.05) is 7.11 Å². The molecule has 2 N–H and O–H groups in total. The predicted octanol–water partition coefficient (Wildman–Crippen LogP) is 2.31. The van der Waals surface area contributed by atoms with Gasteiger partial charge >= 0.3 is 0 Å². The SMILES string of the molecule is CO[Si](C)(C)CCCSCCCN. The molecule has 0 radical (unpaired) electrons. The number of nitrogens with two attached hydrogens (primary N) is 1. The Morgan fingerprint density at radius 1 is 1.23 bits per heavy atom. The Kier molecular flexibility index (Phi) is 8.14. The maximum atomic E-state index is 5.47. The number of thioether (sulfide) groups is 1. The standard InChI is InChI=1S/C9H23NOSSi/c1-11-13(2,3)9-5-8-12-7-4-6-10/h4-10H2,1-3H3. The second-order valence-corrected chi connectivity index (χ2v) is 9.47. The first-order chi connectivity index (χ1) is 6.12. The molecule has 0 aromatic carbocycles. The van der Waals surface area contributed by atoms with E-state index in [1.165, 1.54) is 24.0 Å². The molecule has 80 valence electrons. The Morgan fingerprint density at radius 2 is 1.85 bits per heavy atom. The van der Waals surface area contributed by atoms with E-state index in [1.54, 1.807) is 0 Å². The minimum absolute atomic E-state index is 0.825. The fourth-order valence-corrected chi connectivity index (χ4v) is 3.40. The van der Waals surface area contributed by atoms with Crippen molar-refractivity contribution in [3.05, 3.63) is 0 Å². The van der Waals surface area contributed by atoms with Crippen LogP contribution in [0, 0.1) is 0 Å². The van der Waals surface area contributed by atoms with Gasteiger partial charge in [-0.2, -0.15) is 11.8 Å². The molecule has 0 saturated carbocycles. The maximum Gasteiger partial charge on any atom is 0.186 e. The Balaban J connectivity index is 3.16. The molecule has 4 heteroatoms. The summed E-state index contributed by atoms with van der Waals surface area (Å²) in [5, 5.41) is 0. The molecule has 0 aromatic rings. The van der Waals surface area contributed by atoms with Gasteiger partial charge < -0.3 is 10.2 Å². The van der Waals surface area contributed by atoms with E-state index in [4.69, 9.17) is 10.2 Å². The summed E-state index contributed by atoms with van der Waals surface area (Å²) in [5.41, 5.74) is 5.41. The summed E-state index contributed by atoms with van der Waals surface area (Å²) in [6, 6.07) is 1.28. The number of hydrogen-bond donors (Lipinski definition) is 1. The van der Waals surface area contributed by atoms with Gasteiger partial charge in [-0.1, -0.05) is 0 Å². The molecular weight excluding hydrogens is 198 g/mol. The minimum atomic E-state index is -1.28. The van der Waals surface area contributed by atoms with Gasteiger partial charge in [0.2, 0.25) is 0 Å². The van der Waals surface area contributed by atoms with E-state index >= 15 is 0 Å². The van der Waals surface area contributed by atoms with Gasteiger partial charge in [-0.25, -0.2) is 0 Å². The molecule has 0 bridgehead atoms. The van der Waals surface area contributed by atoms with Gasteiger partial charge in [0.1, 0.15) is 0 Å². The lowest BCUT2D eigenvalue weighted by atomic mass is 10.5. The van der Waals surface area contributed by atoms with Crippen LogP contribution >= 0.6 is 11.8 Å². The van der Waals surface area contributed by atoms with Crippen LogP contribution in [0.15, 0.2) is 0 Å². The monoisotopic (exact) mass is 221 g/mol. The molecule has 0 aromatic heterocycles. The van der Waals surface area contributed by atoms with Crippen molar-refractivity contribution >= 4 is 20.1 Å². The highest BCUT2D eigenvalue weighted by molar-refractivity contribution is 7.99. The molecule has 0 atom stereocenters. The highest BCUT2D eigenvalue weighted by atomic mass is 32.2. The average molecular weight is 221 g/mol. The molecule has 0 spiro atoms. The first-order valence-electron chi connectivity index (χ1n) is 4.95. The highest BCUT2D eigenvalue weighted by Crippen LogP contribution is 2.15. The van der Waals surface area contributed by atoms with Crippen LogP contribution in [0.25, 0.3) is 0 Å². The van der Waals surface area contributed by atoms with Crippen LogP contribution in [0.5, 0.6) is 0 Å². The molecule has 2 nitrogen and oxygen atoms in total. The normalized spacial score (nSPS) is 12.0. The van der Waals surface area contributed by atoms with E-state index in [0.717, 1.165) is 13.0 Å². The molecule has 0 rings (SSSR count). The molecule has 0 aliphatic rings. The molecule has 0 aliphatic carbocycles. The van der Waals surface area contributed by atoms with E-state index in [-0.39, 0.29) is 0 Å². The van der Waals surface area contributed by atoms with Crippen molar-refractivity contribution in [3.8, 4) is 0 Å². The third-order valence-corrected chi connectivity index (χ3v) is 5.93. The fourth-order valence-electron chi connectivity index (χ4n) is 0.989. The quantitative estimate of drug-likeness (QED) is 0.505. The van der Waals surface area contributed by atoms with Crippen LogP contribution in [0.1, 0.15) is 12.8 Å². The Hall–Kier alpha value is 0.487. The van der Waals surface area contributed by atoms with Crippen molar-refractivity contribution in [2.24, 2.45) is 5.73 Å². The van der Waals surface area contributed by atoms with Gasteiger partial charge in [0.25, 0.3) is 0 Å². The molecule has 0 heterocycles. The van der Waals surface area contributed by atoms with Crippen molar-refractivity contribution in [2.45, 2.75) is 32.0 Å². The van der Waals surface area contributed by atoms with Gasteiger partial charge in [-0.05, 0) is 50.0 Å². The number of rotatable bonds is 8. The zero-order chi connectivity index (χ0) is 10.2. The van der Waals surface area contributed by atoms with Gasteiger partial charge in [0.05, 0.1) is 0 Å². The van der Waals surface area contributed by atoms with E-state index in [9.17, 15) is 0 Å². The lowest BCUT2D eigenvalue weighted by molar-refractivity contribution is 0.403. The molecule has 0 amide bonds. The highest BCUT2D eigenvalue weighted by Gasteiger charge is 2.19. The zero-order valence-electron chi connectivity index (χ0n) is 9.14. The summed E-state index contributed by atoms with van der Waals surface area (Å²) >= 11 is 2.02. The third-order valence-electron chi connectivity index (χ3n) is 2.11. The largest absolute Gasteiger partial charge is 0.420 e. The first-order valence-corrected chi connectivity index (χ1v) is 9.22. The summed E-state index contributed by atoms with van der Waals surface area (Å²) in [6.07, 6.45) is 2.44. The van der Waals surface area contributed by atoms with Gasteiger partial charge in [-0.15, -0.1) is 0 Å². The van der Waals surface area contributed by atoms with E-state index < -0.39 is 8.32 Å². The summed E-state index contributed by atoms with van der Waals surface area (Å²) in [5.74, 6) is 2.48. The summed E-state index contributed by atoms with van der Waals surface area (Å²) in [6.45, 7) is 5.38. The Labute approximate surface area is 87.7 Å².